The molecule has 1 heteroatoms. The van der Waals surface area contributed by atoms with E-state index in [-0.39, 0.29) is 0 Å². The zero-order valence-corrected chi connectivity index (χ0v) is 6.92. The van der Waals surface area contributed by atoms with Crippen molar-refractivity contribution < 1.29 is 5.11 Å². The predicted molar refractivity (Wildman–Crippen MR) is 47.4 cm³/mol. The van der Waals surface area contributed by atoms with E-state index < -0.39 is 5.60 Å². The Hall–Kier alpha value is -0.560. The topological polar surface area (TPSA) is 20.2 Å². The summed E-state index contributed by atoms with van der Waals surface area (Å²) in [5.74, 6) is 0. The molecule has 1 rings (SSSR count). The molecule has 1 aliphatic carbocycles. The van der Waals surface area contributed by atoms with Gasteiger partial charge < -0.3 is 5.11 Å². The number of allylic oxidation sites excluding steroid dienone is 2. The molecule has 0 saturated carbocycles. The summed E-state index contributed by atoms with van der Waals surface area (Å²) in [6.45, 7) is 3.64. The summed E-state index contributed by atoms with van der Waals surface area (Å²) in [5.41, 5.74) is -0.521. The van der Waals surface area contributed by atoms with Crippen molar-refractivity contribution in [3.8, 4) is 0 Å². The van der Waals surface area contributed by atoms with E-state index in [1.807, 2.05) is 12.2 Å². The standard InChI is InChI=1S/C10H16O/c1-2-3-7-10(11)8-5-4-6-9-10/h2,5,8,11H,1,3-4,6-7,9H2. The third-order valence-electron chi connectivity index (χ3n) is 2.19. The monoisotopic (exact) mass is 152 g/mol. The van der Waals surface area contributed by atoms with E-state index in [2.05, 4.69) is 12.7 Å². The van der Waals surface area contributed by atoms with Crippen LogP contribution in [-0.4, -0.2) is 10.7 Å². The van der Waals surface area contributed by atoms with Crippen molar-refractivity contribution in [3.05, 3.63) is 24.8 Å². The Bertz CT molecular complexity index is 160. The van der Waals surface area contributed by atoms with E-state index in [4.69, 9.17) is 0 Å². The van der Waals surface area contributed by atoms with Crippen molar-refractivity contribution in [1.29, 1.82) is 0 Å². The molecule has 0 spiro atoms. The Labute approximate surface area is 68.4 Å². The SMILES string of the molecule is C=CCCC1(O)C=CCCC1. The van der Waals surface area contributed by atoms with Gasteiger partial charge in [0.1, 0.15) is 0 Å². The van der Waals surface area contributed by atoms with Crippen LogP contribution in [0.1, 0.15) is 32.1 Å². The Kier molecular flexibility index (Phi) is 2.89. The highest BCUT2D eigenvalue weighted by Gasteiger charge is 2.23. The van der Waals surface area contributed by atoms with Gasteiger partial charge in [-0.15, -0.1) is 6.58 Å². The van der Waals surface area contributed by atoms with Crippen molar-refractivity contribution >= 4 is 0 Å². The Morgan fingerprint density at radius 2 is 2.45 bits per heavy atom. The van der Waals surface area contributed by atoms with Crippen molar-refractivity contribution in [2.75, 3.05) is 0 Å². The molecule has 0 radical (unpaired) electrons. The second kappa shape index (κ2) is 3.72. The van der Waals surface area contributed by atoms with E-state index in [1.165, 1.54) is 0 Å². The van der Waals surface area contributed by atoms with Crippen molar-refractivity contribution in [3.63, 3.8) is 0 Å². The molecule has 1 unspecified atom stereocenters. The van der Waals surface area contributed by atoms with Crippen LogP contribution in [0.3, 0.4) is 0 Å². The zero-order valence-electron chi connectivity index (χ0n) is 6.92. The van der Waals surface area contributed by atoms with Crippen LogP contribution in [0.15, 0.2) is 24.8 Å². The second-order valence-electron chi connectivity index (χ2n) is 3.23. The smallest absolute Gasteiger partial charge is 0.0830 e. The Balaban J connectivity index is 2.43. The maximum absolute atomic E-state index is 9.87. The molecule has 0 aromatic heterocycles. The van der Waals surface area contributed by atoms with Gasteiger partial charge in [-0.25, -0.2) is 0 Å². The average molecular weight is 152 g/mol. The Morgan fingerprint density at radius 3 is 3.00 bits per heavy atom. The first kappa shape index (κ1) is 8.54. The zero-order chi connectivity index (χ0) is 8.16. The highest BCUT2D eigenvalue weighted by atomic mass is 16.3. The molecule has 11 heavy (non-hydrogen) atoms. The third kappa shape index (κ3) is 2.51. The van der Waals surface area contributed by atoms with Crippen LogP contribution < -0.4 is 0 Å². The molecule has 1 nitrogen and oxygen atoms in total. The van der Waals surface area contributed by atoms with Crippen LogP contribution >= 0.6 is 0 Å². The molecule has 1 aliphatic rings. The van der Waals surface area contributed by atoms with Gasteiger partial charge in [-0.05, 0) is 32.1 Å². The first-order chi connectivity index (χ1) is 5.27. The molecule has 1 N–H and O–H groups in total. The van der Waals surface area contributed by atoms with Crippen LogP contribution in [0.4, 0.5) is 0 Å². The molecule has 0 aromatic rings. The van der Waals surface area contributed by atoms with Gasteiger partial charge in [0, 0.05) is 0 Å². The first-order valence-corrected chi connectivity index (χ1v) is 4.28. The van der Waals surface area contributed by atoms with Crippen LogP contribution in [0.2, 0.25) is 0 Å². The summed E-state index contributed by atoms with van der Waals surface area (Å²) in [6, 6.07) is 0. The number of rotatable bonds is 3. The molecule has 0 amide bonds. The quantitative estimate of drug-likeness (QED) is 0.616. The summed E-state index contributed by atoms with van der Waals surface area (Å²) >= 11 is 0. The minimum atomic E-state index is -0.521. The van der Waals surface area contributed by atoms with E-state index in [9.17, 15) is 5.11 Å². The maximum atomic E-state index is 9.87. The summed E-state index contributed by atoms with van der Waals surface area (Å²) in [7, 11) is 0. The summed E-state index contributed by atoms with van der Waals surface area (Å²) < 4.78 is 0. The third-order valence-corrected chi connectivity index (χ3v) is 2.19. The van der Waals surface area contributed by atoms with Gasteiger partial charge in [0.05, 0.1) is 5.60 Å². The van der Waals surface area contributed by atoms with Gasteiger partial charge in [0.2, 0.25) is 0 Å². The maximum Gasteiger partial charge on any atom is 0.0830 e. The Morgan fingerprint density at radius 1 is 1.64 bits per heavy atom. The second-order valence-corrected chi connectivity index (χ2v) is 3.23. The molecule has 0 fully saturated rings. The van der Waals surface area contributed by atoms with Crippen LogP contribution in [0, 0.1) is 0 Å². The minimum Gasteiger partial charge on any atom is -0.386 e. The molecule has 1 atom stereocenters. The van der Waals surface area contributed by atoms with Gasteiger partial charge >= 0.3 is 0 Å². The largest absolute Gasteiger partial charge is 0.386 e. The summed E-state index contributed by atoms with van der Waals surface area (Å²) in [6.07, 6.45) is 10.8. The molecule has 0 aromatic carbocycles. The summed E-state index contributed by atoms with van der Waals surface area (Å²) in [5, 5.41) is 9.87. The fourth-order valence-corrected chi connectivity index (χ4v) is 1.47. The van der Waals surface area contributed by atoms with Gasteiger partial charge in [-0.1, -0.05) is 18.2 Å². The number of aliphatic hydroxyl groups is 1. The van der Waals surface area contributed by atoms with E-state index in [0.717, 1.165) is 32.1 Å². The molecule has 0 heterocycles. The van der Waals surface area contributed by atoms with E-state index >= 15 is 0 Å². The van der Waals surface area contributed by atoms with Gasteiger partial charge in [-0.3, -0.25) is 0 Å². The lowest BCUT2D eigenvalue weighted by atomic mass is 9.87. The molecule has 62 valence electrons. The van der Waals surface area contributed by atoms with Crippen LogP contribution in [-0.2, 0) is 0 Å². The molecular weight excluding hydrogens is 136 g/mol. The lowest BCUT2D eigenvalue weighted by molar-refractivity contribution is 0.0667. The molecule has 0 aliphatic heterocycles. The highest BCUT2D eigenvalue weighted by molar-refractivity contribution is 5.05. The molecule has 0 saturated heterocycles. The number of hydrogen-bond acceptors (Lipinski definition) is 1. The predicted octanol–water partition coefficient (Wildman–Crippen LogP) is 2.42. The first-order valence-electron chi connectivity index (χ1n) is 4.28. The van der Waals surface area contributed by atoms with Gasteiger partial charge in [-0.2, -0.15) is 0 Å². The lowest BCUT2D eigenvalue weighted by Crippen LogP contribution is -2.27. The fourth-order valence-electron chi connectivity index (χ4n) is 1.47. The molecule has 0 bridgehead atoms. The van der Waals surface area contributed by atoms with Crippen LogP contribution in [0.25, 0.3) is 0 Å². The average Bonchev–Trinajstić information content (AvgIpc) is 2.03. The number of hydrogen-bond donors (Lipinski definition) is 1. The summed E-state index contributed by atoms with van der Waals surface area (Å²) in [4.78, 5) is 0. The fraction of sp³-hybridized carbons (Fsp3) is 0.600. The van der Waals surface area contributed by atoms with E-state index in [1.54, 1.807) is 0 Å². The highest BCUT2D eigenvalue weighted by Crippen LogP contribution is 2.26. The van der Waals surface area contributed by atoms with Crippen LogP contribution in [0.5, 0.6) is 0 Å². The van der Waals surface area contributed by atoms with Crippen molar-refractivity contribution in [2.45, 2.75) is 37.7 Å². The normalized spacial score (nSPS) is 30.3. The van der Waals surface area contributed by atoms with Gasteiger partial charge in [0.25, 0.3) is 0 Å². The van der Waals surface area contributed by atoms with Crippen molar-refractivity contribution in [2.24, 2.45) is 0 Å². The minimum absolute atomic E-state index is 0.521. The van der Waals surface area contributed by atoms with Gasteiger partial charge in [0.15, 0.2) is 0 Å². The van der Waals surface area contributed by atoms with E-state index in [0.29, 0.717) is 0 Å². The lowest BCUT2D eigenvalue weighted by Gasteiger charge is -2.26. The van der Waals surface area contributed by atoms with Crippen molar-refractivity contribution in [1.82, 2.24) is 0 Å². The molecular formula is C10H16O.